The third-order valence-corrected chi connectivity index (χ3v) is 6.26. The van der Waals surface area contributed by atoms with Gasteiger partial charge in [-0.25, -0.2) is 0 Å². The minimum Gasteiger partial charge on any atom is -0.493 e. The molecule has 1 amide bonds. The van der Waals surface area contributed by atoms with Crippen LogP contribution in [0.25, 0.3) is 0 Å². The van der Waals surface area contributed by atoms with Crippen LogP contribution in [0, 0.1) is 0 Å². The fraction of sp³-hybridized carbons (Fsp3) is 0.417. The Balaban J connectivity index is 1.93. The molecule has 0 bridgehead atoms. The van der Waals surface area contributed by atoms with E-state index in [0.717, 1.165) is 24.8 Å². The first-order valence-electron chi connectivity index (χ1n) is 10.5. The highest BCUT2D eigenvalue weighted by molar-refractivity contribution is 6.44. The summed E-state index contributed by atoms with van der Waals surface area (Å²) in [4.78, 5) is 26.4. The van der Waals surface area contributed by atoms with Gasteiger partial charge in [0.2, 0.25) is 0 Å². The number of fused-ring (bicyclic) bond motifs is 1. The number of hydrogen-bond acceptors (Lipinski definition) is 5. The fourth-order valence-electron chi connectivity index (χ4n) is 3.91. The number of Topliss-reactive ketones (excluding diaryl/α,β-unsaturated/α-hetero) is 1. The lowest BCUT2D eigenvalue weighted by Crippen LogP contribution is -2.41. The van der Waals surface area contributed by atoms with Crippen molar-refractivity contribution in [2.75, 3.05) is 18.6 Å². The van der Waals surface area contributed by atoms with Crippen LogP contribution >= 0.6 is 23.2 Å². The summed E-state index contributed by atoms with van der Waals surface area (Å²) in [6.07, 6.45) is 2.80. The summed E-state index contributed by atoms with van der Waals surface area (Å²) in [6.45, 7) is 4.16. The van der Waals surface area contributed by atoms with E-state index in [1.54, 1.807) is 19.2 Å². The summed E-state index contributed by atoms with van der Waals surface area (Å²) in [6, 6.07) is 8.45. The van der Waals surface area contributed by atoms with Crippen molar-refractivity contribution in [3.8, 4) is 11.5 Å². The van der Waals surface area contributed by atoms with Crippen molar-refractivity contribution in [1.82, 2.24) is 0 Å². The van der Waals surface area contributed by atoms with Crippen molar-refractivity contribution in [2.24, 2.45) is 0 Å². The second-order valence-corrected chi connectivity index (χ2v) is 8.71. The van der Waals surface area contributed by atoms with Gasteiger partial charge in [-0.3, -0.25) is 9.59 Å². The molecule has 3 rings (SSSR count). The molecule has 0 radical (unpaired) electrons. The Hall–Kier alpha value is -2.28. The van der Waals surface area contributed by atoms with Crippen molar-refractivity contribution in [3.05, 3.63) is 51.5 Å². The van der Waals surface area contributed by atoms with E-state index in [4.69, 9.17) is 32.7 Å². The highest BCUT2D eigenvalue weighted by Crippen LogP contribution is 2.49. The molecule has 1 N–H and O–H groups in total. The van der Waals surface area contributed by atoms with Crippen LogP contribution in [-0.2, 0) is 21.7 Å². The molecule has 0 aliphatic carbocycles. The molecule has 2 aromatic carbocycles. The Morgan fingerprint density at radius 3 is 2.56 bits per heavy atom. The van der Waals surface area contributed by atoms with Gasteiger partial charge in [-0.2, -0.15) is 0 Å². The number of carbonyl (C=O) groups is 2. The molecule has 1 aliphatic heterocycles. The van der Waals surface area contributed by atoms with Gasteiger partial charge < -0.3 is 19.5 Å². The topological polar surface area (TPSA) is 76.1 Å². The summed E-state index contributed by atoms with van der Waals surface area (Å²) in [5.41, 5.74) is -0.658. The van der Waals surface area contributed by atoms with E-state index in [2.05, 4.69) is 6.92 Å². The Labute approximate surface area is 198 Å². The maximum atomic E-state index is 13.3. The van der Waals surface area contributed by atoms with E-state index in [1.165, 1.54) is 24.0 Å². The molecular weight excluding hydrogens is 453 g/mol. The molecule has 0 aromatic heterocycles. The van der Waals surface area contributed by atoms with Crippen molar-refractivity contribution in [2.45, 2.75) is 51.7 Å². The zero-order chi connectivity index (χ0) is 23.5. The number of aliphatic hydroxyl groups is 1. The molecule has 0 fully saturated rings. The number of amides is 1. The van der Waals surface area contributed by atoms with E-state index in [9.17, 15) is 14.7 Å². The molecule has 0 saturated heterocycles. The normalized spacial score (nSPS) is 17.4. The SMILES string of the molecule is CCCCCOc1ccc(CN2C(=O)C(O)(CC(C)=O)c3ccc(Cl)c(Cl)c32)cc1OC. The summed E-state index contributed by atoms with van der Waals surface area (Å²) in [5.74, 6) is 0.230. The van der Waals surface area contributed by atoms with Crippen LogP contribution in [0.3, 0.4) is 0 Å². The minimum absolute atomic E-state index is 0.110. The molecule has 172 valence electrons. The second kappa shape index (κ2) is 10.1. The molecule has 8 heteroatoms. The third-order valence-electron chi connectivity index (χ3n) is 5.46. The number of rotatable bonds is 10. The largest absolute Gasteiger partial charge is 0.493 e. The lowest BCUT2D eigenvalue weighted by molar-refractivity contribution is -0.141. The third kappa shape index (κ3) is 4.72. The minimum atomic E-state index is -1.98. The number of benzene rings is 2. The van der Waals surface area contributed by atoms with Gasteiger partial charge in [-0.1, -0.05) is 55.1 Å². The zero-order valence-electron chi connectivity index (χ0n) is 18.4. The van der Waals surface area contributed by atoms with Gasteiger partial charge in [-0.15, -0.1) is 0 Å². The van der Waals surface area contributed by atoms with Crippen molar-refractivity contribution >= 4 is 40.6 Å². The number of ether oxygens (including phenoxy) is 2. The highest BCUT2D eigenvalue weighted by atomic mass is 35.5. The Morgan fingerprint density at radius 2 is 1.91 bits per heavy atom. The van der Waals surface area contributed by atoms with Gasteiger partial charge in [0.05, 0.1) is 36.0 Å². The second-order valence-electron chi connectivity index (χ2n) is 7.93. The predicted octanol–water partition coefficient (Wildman–Crippen LogP) is 5.28. The van der Waals surface area contributed by atoms with Gasteiger partial charge in [0.25, 0.3) is 5.91 Å². The van der Waals surface area contributed by atoms with Crippen molar-refractivity contribution in [1.29, 1.82) is 0 Å². The van der Waals surface area contributed by atoms with E-state index in [-0.39, 0.29) is 34.4 Å². The van der Waals surface area contributed by atoms with Crippen LogP contribution in [0.2, 0.25) is 10.0 Å². The Morgan fingerprint density at radius 1 is 1.16 bits per heavy atom. The lowest BCUT2D eigenvalue weighted by atomic mass is 9.90. The molecule has 2 aromatic rings. The van der Waals surface area contributed by atoms with Gasteiger partial charge in [0.15, 0.2) is 17.1 Å². The van der Waals surface area contributed by atoms with E-state index in [0.29, 0.717) is 23.8 Å². The molecule has 1 heterocycles. The first-order chi connectivity index (χ1) is 15.2. The van der Waals surface area contributed by atoms with Gasteiger partial charge in [0, 0.05) is 12.0 Å². The van der Waals surface area contributed by atoms with E-state index < -0.39 is 11.5 Å². The molecule has 6 nitrogen and oxygen atoms in total. The van der Waals surface area contributed by atoms with Gasteiger partial charge in [0.1, 0.15) is 5.78 Å². The first kappa shape index (κ1) is 24.4. The predicted molar refractivity (Wildman–Crippen MR) is 125 cm³/mol. The average molecular weight is 480 g/mol. The molecule has 32 heavy (non-hydrogen) atoms. The summed E-state index contributed by atoms with van der Waals surface area (Å²) < 4.78 is 11.3. The number of carbonyl (C=O) groups excluding carboxylic acids is 2. The first-order valence-corrected chi connectivity index (χ1v) is 11.3. The zero-order valence-corrected chi connectivity index (χ0v) is 19.9. The number of ketones is 1. The van der Waals surface area contributed by atoms with Crippen LogP contribution in [0.5, 0.6) is 11.5 Å². The van der Waals surface area contributed by atoms with Crippen LogP contribution in [0.1, 0.15) is 50.7 Å². The van der Waals surface area contributed by atoms with Crippen LogP contribution < -0.4 is 14.4 Å². The number of hydrogen-bond donors (Lipinski definition) is 1. The lowest BCUT2D eigenvalue weighted by Gasteiger charge is -2.23. The highest BCUT2D eigenvalue weighted by Gasteiger charge is 2.51. The van der Waals surface area contributed by atoms with Crippen LogP contribution in [0.4, 0.5) is 5.69 Å². The molecule has 1 unspecified atom stereocenters. The van der Waals surface area contributed by atoms with E-state index in [1.807, 2.05) is 6.07 Å². The van der Waals surface area contributed by atoms with Crippen LogP contribution in [0.15, 0.2) is 30.3 Å². The smallest absolute Gasteiger partial charge is 0.264 e. The Kier molecular flexibility index (Phi) is 7.70. The quantitative estimate of drug-likeness (QED) is 0.468. The van der Waals surface area contributed by atoms with Gasteiger partial charge >= 0.3 is 0 Å². The summed E-state index contributed by atoms with van der Waals surface area (Å²) in [5, 5.41) is 11.6. The number of unbranched alkanes of at least 4 members (excludes halogenated alkanes) is 2. The molecule has 0 spiro atoms. The molecular formula is C24H27Cl2NO5. The summed E-state index contributed by atoms with van der Waals surface area (Å²) in [7, 11) is 1.55. The van der Waals surface area contributed by atoms with Crippen molar-refractivity contribution < 1.29 is 24.2 Å². The average Bonchev–Trinajstić information content (AvgIpc) is 2.95. The maximum Gasteiger partial charge on any atom is 0.264 e. The fourth-order valence-corrected chi connectivity index (χ4v) is 4.33. The van der Waals surface area contributed by atoms with E-state index >= 15 is 0 Å². The molecule has 1 aliphatic rings. The standard InChI is InChI=1S/C24H27Cl2NO5/c1-4-5-6-11-32-19-10-7-16(12-20(19)31-3)14-27-22-17(8-9-18(25)21(22)26)24(30,23(27)29)13-15(2)28/h7-10,12,30H,4-6,11,13-14H2,1-3H3. The maximum absolute atomic E-state index is 13.3. The van der Waals surface area contributed by atoms with Gasteiger partial charge in [-0.05, 0) is 37.1 Å². The Bertz CT molecular complexity index is 1030. The van der Waals surface area contributed by atoms with Crippen LogP contribution in [-0.4, -0.2) is 30.5 Å². The van der Waals surface area contributed by atoms with Crippen molar-refractivity contribution in [3.63, 3.8) is 0 Å². The number of nitrogens with zero attached hydrogens (tertiary/aromatic N) is 1. The number of methoxy groups -OCH3 is 1. The summed E-state index contributed by atoms with van der Waals surface area (Å²) >= 11 is 12.6. The molecule has 1 atom stereocenters. The number of halogens is 2. The number of anilines is 1. The monoisotopic (exact) mass is 479 g/mol. The molecule has 0 saturated carbocycles.